The molecule has 1 nitrogen and oxygen atoms in total. The zero-order chi connectivity index (χ0) is 10.6. The first kappa shape index (κ1) is 11.5. The summed E-state index contributed by atoms with van der Waals surface area (Å²) in [5.74, 6) is 0.950. The summed E-state index contributed by atoms with van der Waals surface area (Å²) in [4.78, 5) is 1.08. The van der Waals surface area contributed by atoms with Crippen LogP contribution in [-0.4, -0.2) is 5.75 Å². The Morgan fingerprint density at radius 2 is 2.21 bits per heavy atom. The molecule has 14 heavy (non-hydrogen) atoms. The quantitative estimate of drug-likeness (QED) is 0.480. The van der Waals surface area contributed by atoms with Crippen molar-refractivity contribution in [1.29, 1.82) is 0 Å². The molecule has 0 fully saturated rings. The molecule has 1 aromatic rings. The van der Waals surface area contributed by atoms with Crippen molar-refractivity contribution in [3.05, 3.63) is 34.9 Å². The van der Waals surface area contributed by atoms with E-state index in [0.717, 1.165) is 15.7 Å². The van der Waals surface area contributed by atoms with Gasteiger partial charge in [0.25, 0.3) is 0 Å². The molecule has 0 bridgehead atoms. The fourth-order valence-corrected chi connectivity index (χ4v) is 2.24. The first-order valence-electron chi connectivity index (χ1n) is 4.41. The molecular weight excluding hydrogens is 214 g/mol. The Morgan fingerprint density at radius 1 is 1.50 bits per heavy atom. The van der Waals surface area contributed by atoms with Crippen LogP contribution in [0.3, 0.4) is 0 Å². The monoisotopic (exact) mass is 227 g/mol. The van der Waals surface area contributed by atoms with E-state index >= 15 is 0 Å². The molecule has 0 radical (unpaired) electrons. The highest BCUT2D eigenvalue weighted by Gasteiger charge is 1.99. The molecule has 0 saturated carbocycles. The lowest BCUT2D eigenvalue weighted by Gasteiger charge is -2.02. The summed E-state index contributed by atoms with van der Waals surface area (Å²) >= 11 is 7.74. The van der Waals surface area contributed by atoms with Crippen LogP contribution in [0.4, 0.5) is 5.69 Å². The first-order chi connectivity index (χ1) is 6.59. The maximum Gasteiger partial charge on any atom is 0.0562 e. The van der Waals surface area contributed by atoms with Gasteiger partial charge in [-0.25, -0.2) is 0 Å². The van der Waals surface area contributed by atoms with E-state index in [-0.39, 0.29) is 0 Å². The summed E-state index contributed by atoms with van der Waals surface area (Å²) in [7, 11) is 0. The number of benzene rings is 1. The molecule has 2 N–H and O–H groups in total. The van der Waals surface area contributed by atoms with Crippen molar-refractivity contribution in [1.82, 2.24) is 0 Å². The van der Waals surface area contributed by atoms with E-state index in [9.17, 15) is 0 Å². The number of allylic oxidation sites excluding steroid dienone is 1. The van der Waals surface area contributed by atoms with Gasteiger partial charge in [-0.1, -0.05) is 23.3 Å². The highest BCUT2D eigenvalue weighted by atomic mass is 35.5. The van der Waals surface area contributed by atoms with Crippen molar-refractivity contribution in [2.24, 2.45) is 0 Å². The van der Waals surface area contributed by atoms with E-state index in [1.165, 1.54) is 5.57 Å². The number of anilines is 1. The van der Waals surface area contributed by atoms with Gasteiger partial charge >= 0.3 is 0 Å². The fraction of sp³-hybridized carbons (Fsp3) is 0.273. The number of thioether (sulfide) groups is 1. The number of hydrogen-bond donors (Lipinski definition) is 1. The smallest absolute Gasteiger partial charge is 0.0562 e. The Kier molecular flexibility index (Phi) is 4.36. The van der Waals surface area contributed by atoms with E-state index in [1.54, 1.807) is 17.8 Å². The average Bonchev–Trinajstić information content (AvgIpc) is 2.08. The summed E-state index contributed by atoms with van der Waals surface area (Å²) in [6.45, 7) is 4.18. The van der Waals surface area contributed by atoms with Crippen molar-refractivity contribution in [2.75, 3.05) is 11.5 Å². The molecule has 0 atom stereocenters. The van der Waals surface area contributed by atoms with Gasteiger partial charge in [0.2, 0.25) is 0 Å². The largest absolute Gasteiger partial charge is 0.399 e. The molecule has 0 aliphatic carbocycles. The molecule has 0 saturated heterocycles. The summed E-state index contributed by atoms with van der Waals surface area (Å²) < 4.78 is 0. The van der Waals surface area contributed by atoms with Gasteiger partial charge in [-0.15, -0.1) is 11.8 Å². The van der Waals surface area contributed by atoms with Crippen molar-refractivity contribution in [2.45, 2.75) is 18.7 Å². The van der Waals surface area contributed by atoms with Crippen LogP contribution in [0.25, 0.3) is 0 Å². The topological polar surface area (TPSA) is 26.0 Å². The van der Waals surface area contributed by atoms with Crippen LogP contribution in [0.1, 0.15) is 13.8 Å². The van der Waals surface area contributed by atoms with Crippen LogP contribution in [0.2, 0.25) is 5.02 Å². The molecule has 0 unspecified atom stereocenters. The van der Waals surface area contributed by atoms with Gasteiger partial charge in [0.1, 0.15) is 0 Å². The van der Waals surface area contributed by atoms with Crippen LogP contribution in [0.15, 0.2) is 34.7 Å². The van der Waals surface area contributed by atoms with Crippen molar-refractivity contribution >= 4 is 29.1 Å². The van der Waals surface area contributed by atoms with Gasteiger partial charge in [-0.05, 0) is 32.0 Å². The normalized spacial score (nSPS) is 9.93. The first-order valence-corrected chi connectivity index (χ1v) is 5.77. The SMILES string of the molecule is CC(C)=CCSc1ccc(N)cc1Cl. The molecule has 0 heterocycles. The van der Waals surface area contributed by atoms with Crippen molar-refractivity contribution < 1.29 is 0 Å². The van der Waals surface area contributed by atoms with Crippen molar-refractivity contribution in [3.8, 4) is 0 Å². The van der Waals surface area contributed by atoms with E-state index < -0.39 is 0 Å². The summed E-state index contributed by atoms with van der Waals surface area (Å²) in [5.41, 5.74) is 7.63. The minimum Gasteiger partial charge on any atom is -0.399 e. The molecule has 0 aliphatic heterocycles. The molecular formula is C11H14ClNS. The van der Waals surface area contributed by atoms with E-state index in [2.05, 4.69) is 19.9 Å². The lowest BCUT2D eigenvalue weighted by atomic mass is 10.3. The number of nitrogens with two attached hydrogens (primary N) is 1. The molecule has 76 valence electrons. The molecule has 1 aromatic carbocycles. The third-order valence-corrected chi connectivity index (χ3v) is 3.11. The molecule has 0 aromatic heterocycles. The standard InChI is InChI=1S/C11H14ClNS/c1-8(2)5-6-14-11-4-3-9(13)7-10(11)12/h3-5,7H,6,13H2,1-2H3. The average molecular weight is 228 g/mol. The van der Waals surface area contributed by atoms with E-state index in [4.69, 9.17) is 17.3 Å². The number of hydrogen-bond acceptors (Lipinski definition) is 2. The Balaban J connectivity index is 2.64. The summed E-state index contributed by atoms with van der Waals surface area (Å²) in [6, 6.07) is 5.62. The van der Waals surface area contributed by atoms with Crippen LogP contribution >= 0.6 is 23.4 Å². The Labute approximate surface area is 94.3 Å². The zero-order valence-electron chi connectivity index (χ0n) is 8.38. The maximum atomic E-state index is 6.02. The predicted octanol–water partition coefficient (Wildman–Crippen LogP) is 3.98. The summed E-state index contributed by atoms with van der Waals surface area (Å²) in [6.07, 6.45) is 2.18. The van der Waals surface area contributed by atoms with Crippen LogP contribution in [-0.2, 0) is 0 Å². The van der Waals surface area contributed by atoms with Gasteiger partial charge in [0.15, 0.2) is 0 Å². The van der Waals surface area contributed by atoms with Crippen LogP contribution in [0, 0.1) is 0 Å². The van der Waals surface area contributed by atoms with Gasteiger partial charge in [0, 0.05) is 16.3 Å². The molecule has 0 aliphatic rings. The Hall–Kier alpha value is -0.600. The molecule has 0 spiro atoms. The molecule has 3 heteroatoms. The summed E-state index contributed by atoms with van der Waals surface area (Å²) in [5, 5.41) is 0.733. The van der Waals surface area contributed by atoms with Gasteiger partial charge in [-0.2, -0.15) is 0 Å². The van der Waals surface area contributed by atoms with Crippen LogP contribution < -0.4 is 5.73 Å². The number of rotatable bonds is 3. The van der Waals surface area contributed by atoms with Gasteiger partial charge in [0.05, 0.1) is 5.02 Å². The number of nitrogen functional groups attached to an aromatic ring is 1. The molecule has 0 amide bonds. The van der Waals surface area contributed by atoms with Gasteiger partial charge < -0.3 is 5.73 Å². The van der Waals surface area contributed by atoms with Gasteiger partial charge in [-0.3, -0.25) is 0 Å². The predicted molar refractivity (Wildman–Crippen MR) is 66.0 cm³/mol. The third kappa shape index (κ3) is 3.64. The van der Waals surface area contributed by atoms with E-state index in [1.807, 2.05) is 12.1 Å². The van der Waals surface area contributed by atoms with E-state index in [0.29, 0.717) is 5.69 Å². The second-order valence-corrected chi connectivity index (χ2v) is 4.75. The maximum absolute atomic E-state index is 6.02. The second-order valence-electron chi connectivity index (χ2n) is 3.28. The minimum absolute atomic E-state index is 0.710. The second kappa shape index (κ2) is 5.32. The Bertz CT molecular complexity index is 343. The number of halogens is 1. The highest BCUT2D eigenvalue weighted by Crippen LogP contribution is 2.28. The third-order valence-electron chi connectivity index (χ3n) is 1.69. The minimum atomic E-state index is 0.710. The fourth-order valence-electron chi connectivity index (χ4n) is 0.932. The lowest BCUT2D eigenvalue weighted by molar-refractivity contribution is 1.36. The Morgan fingerprint density at radius 3 is 2.79 bits per heavy atom. The highest BCUT2D eigenvalue weighted by molar-refractivity contribution is 7.99. The molecule has 1 rings (SSSR count). The lowest BCUT2D eigenvalue weighted by Crippen LogP contribution is -1.85. The van der Waals surface area contributed by atoms with Crippen LogP contribution in [0.5, 0.6) is 0 Å². The van der Waals surface area contributed by atoms with Crippen molar-refractivity contribution in [3.63, 3.8) is 0 Å². The zero-order valence-corrected chi connectivity index (χ0v) is 9.95.